The maximum Gasteiger partial charge on any atom is 0.204 e. The molecule has 0 aliphatic rings. The van der Waals surface area contributed by atoms with E-state index in [2.05, 4.69) is 42.9 Å². The Kier molecular flexibility index (Phi) is 6.76. The van der Waals surface area contributed by atoms with E-state index in [1.54, 1.807) is 14.2 Å². The van der Waals surface area contributed by atoms with Gasteiger partial charge in [-0.3, -0.25) is 4.98 Å². The summed E-state index contributed by atoms with van der Waals surface area (Å²) in [5.41, 5.74) is 6.53. The number of aromatic nitrogens is 6. The zero-order valence-electron chi connectivity index (χ0n) is 21.9. The number of fused-ring (bicyclic) bond motifs is 1. The van der Waals surface area contributed by atoms with Crippen molar-refractivity contribution in [3.05, 3.63) is 72.7 Å². The Bertz CT molecular complexity index is 1520. The zero-order chi connectivity index (χ0) is 25.9. The van der Waals surface area contributed by atoms with E-state index in [9.17, 15) is 0 Å². The van der Waals surface area contributed by atoms with E-state index in [4.69, 9.17) is 14.5 Å². The molecule has 3 aromatic heterocycles. The highest BCUT2D eigenvalue weighted by atomic mass is 16.5. The van der Waals surface area contributed by atoms with Crippen LogP contribution >= 0.6 is 0 Å². The van der Waals surface area contributed by atoms with Crippen molar-refractivity contribution in [2.24, 2.45) is 7.05 Å². The van der Waals surface area contributed by atoms with Crippen molar-refractivity contribution in [2.45, 2.75) is 26.8 Å². The number of H-pyrrole nitrogens is 1. The highest BCUT2D eigenvalue weighted by molar-refractivity contribution is 5.82. The second kappa shape index (κ2) is 10.3. The van der Waals surface area contributed by atoms with Crippen LogP contribution in [0.2, 0.25) is 0 Å². The van der Waals surface area contributed by atoms with Gasteiger partial charge in [0.25, 0.3) is 0 Å². The molecule has 0 saturated heterocycles. The topological polar surface area (TPSA) is 85.0 Å². The van der Waals surface area contributed by atoms with Gasteiger partial charge in [-0.05, 0) is 38.5 Å². The number of aryl methyl sites for hydroxylation is 4. The number of aromatic amines is 1. The summed E-state index contributed by atoms with van der Waals surface area (Å²) in [6, 6.07) is 12.1. The van der Waals surface area contributed by atoms with Crippen molar-refractivity contribution < 1.29 is 14.2 Å². The summed E-state index contributed by atoms with van der Waals surface area (Å²) in [5.74, 6) is 2.51. The van der Waals surface area contributed by atoms with Gasteiger partial charge in [-0.1, -0.05) is 0 Å². The molecule has 0 bridgehead atoms. The predicted molar refractivity (Wildman–Crippen MR) is 143 cm³/mol. The van der Waals surface area contributed by atoms with Gasteiger partial charge in [0.05, 0.1) is 54.6 Å². The van der Waals surface area contributed by atoms with Crippen LogP contribution in [0.4, 0.5) is 11.4 Å². The van der Waals surface area contributed by atoms with Gasteiger partial charge in [-0.15, -0.1) is 4.68 Å². The molecule has 0 radical (unpaired) electrons. The maximum atomic E-state index is 5.57. The molecule has 0 spiro atoms. The first-order valence-electron chi connectivity index (χ1n) is 12.3. The Balaban J connectivity index is 1.52. The molecule has 0 saturated carbocycles. The molecule has 0 fully saturated rings. The maximum absolute atomic E-state index is 5.57. The normalized spacial score (nSPS) is 11.2. The molecule has 37 heavy (non-hydrogen) atoms. The van der Waals surface area contributed by atoms with Crippen molar-refractivity contribution in [1.82, 2.24) is 24.6 Å². The summed E-state index contributed by atoms with van der Waals surface area (Å²) >= 11 is 0. The fraction of sp³-hybridized carbons (Fsp3) is 0.286. The Labute approximate surface area is 216 Å². The Morgan fingerprint density at radius 1 is 0.973 bits per heavy atom. The smallest absolute Gasteiger partial charge is 0.204 e. The molecule has 5 rings (SSSR count). The van der Waals surface area contributed by atoms with Gasteiger partial charge in [-0.2, -0.15) is 5.10 Å². The second-order valence-electron chi connectivity index (χ2n) is 9.10. The molecule has 0 atom stereocenters. The SMILES string of the molecule is COc1cc(OC)cc(N(CCCn2cc(C)nc2C)c2ccc3ncc(-c4c[nH][n+](C)c4)nc3c2)c1. The number of methoxy groups -OCH3 is 2. The van der Waals surface area contributed by atoms with Crippen LogP contribution in [0.5, 0.6) is 11.5 Å². The number of hydrogen-bond donors (Lipinski definition) is 1. The van der Waals surface area contributed by atoms with E-state index in [1.807, 2.05) is 68.4 Å². The first-order chi connectivity index (χ1) is 17.9. The molecule has 0 amide bonds. The van der Waals surface area contributed by atoms with Gasteiger partial charge >= 0.3 is 0 Å². The molecule has 9 nitrogen and oxygen atoms in total. The van der Waals surface area contributed by atoms with Crippen molar-refractivity contribution in [1.29, 1.82) is 0 Å². The van der Waals surface area contributed by atoms with E-state index < -0.39 is 0 Å². The van der Waals surface area contributed by atoms with E-state index >= 15 is 0 Å². The first-order valence-corrected chi connectivity index (χ1v) is 12.3. The van der Waals surface area contributed by atoms with Crippen LogP contribution in [-0.2, 0) is 13.6 Å². The number of benzene rings is 2. The third-order valence-electron chi connectivity index (χ3n) is 6.41. The minimum atomic E-state index is 0.739. The van der Waals surface area contributed by atoms with E-state index in [-0.39, 0.29) is 0 Å². The number of imidazole rings is 1. The summed E-state index contributed by atoms with van der Waals surface area (Å²) in [5, 5.41) is 3.14. The second-order valence-corrected chi connectivity index (χ2v) is 9.10. The molecule has 2 aromatic carbocycles. The molecule has 190 valence electrons. The minimum absolute atomic E-state index is 0.739. The van der Waals surface area contributed by atoms with Crippen molar-refractivity contribution >= 4 is 22.4 Å². The Hall–Kier alpha value is -4.40. The monoisotopic (exact) mass is 498 g/mol. The van der Waals surface area contributed by atoms with Gasteiger partial charge < -0.3 is 18.9 Å². The fourth-order valence-electron chi connectivity index (χ4n) is 4.55. The van der Waals surface area contributed by atoms with Crippen LogP contribution in [0.25, 0.3) is 22.3 Å². The average Bonchev–Trinajstić information content (AvgIpc) is 3.49. The number of anilines is 2. The zero-order valence-corrected chi connectivity index (χ0v) is 21.9. The van der Waals surface area contributed by atoms with Crippen LogP contribution in [0, 0.1) is 13.8 Å². The highest BCUT2D eigenvalue weighted by Gasteiger charge is 2.15. The summed E-state index contributed by atoms with van der Waals surface area (Å²) < 4.78 is 15.2. The predicted octanol–water partition coefficient (Wildman–Crippen LogP) is 4.51. The number of rotatable bonds is 9. The van der Waals surface area contributed by atoms with E-state index in [1.165, 1.54) is 0 Å². The third-order valence-corrected chi connectivity index (χ3v) is 6.41. The quantitative estimate of drug-likeness (QED) is 0.301. The van der Waals surface area contributed by atoms with Crippen LogP contribution in [0.15, 0.2) is 61.2 Å². The largest absolute Gasteiger partial charge is 0.497 e. The van der Waals surface area contributed by atoms with Crippen LogP contribution < -0.4 is 19.1 Å². The van der Waals surface area contributed by atoms with Crippen molar-refractivity contribution in [2.75, 3.05) is 25.7 Å². The number of nitrogens with zero attached hydrogens (tertiary/aromatic N) is 6. The summed E-state index contributed by atoms with van der Waals surface area (Å²) in [7, 11) is 5.28. The Morgan fingerprint density at radius 3 is 2.41 bits per heavy atom. The van der Waals surface area contributed by atoms with Gasteiger partial charge in [0, 0.05) is 48.9 Å². The summed E-state index contributed by atoms with van der Waals surface area (Å²) in [6.07, 6.45) is 8.75. The first kappa shape index (κ1) is 24.3. The fourth-order valence-corrected chi connectivity index (χ4v) is 4.55. The minimum Gasteiger partial charge on any atom is -0.497 e. The van der Waals surface area contributed by atoms with Crippen LogP contribution in [-0.4, -0.2) is 45.4 Å². The molecule has 0 aliphatic heterocycles. The summed E-state index contributed by atoms with van der Waals surface area (Å²) in [6.45, 7) is 5.71. The van der Waals surface area contributed by atoms with E-state index in [0.29, 0.717) is 0 Å². The lowest BCUT2D eigenvalue weighted by Crippen LogP contribution is -2.27. The highest BCUT2D eigenvalue weighted by Crippen LogP contribution is 2.34. The number of nitrogens with one attached hydrogen (secondary N) is 1. The van der Waals surface area contributed by atoms with Gasteiger partial charge in [-0.25, -0.2) is 9.97 Å². The third kappa shape index (κ3) is 5.25. The molecule has 9 heteroatoms. The van der Waals surface area contributed by atoms with Crippen LogP contribution in [0.3, 0.4) is 0 Å². The van der Waals surface area contributed by atoms with Crippen LogP contribution in [0.1, 0.15) is 17.9 Å². The van der Waals surface area contributed by atoms with Gasteiger partial charge in [0.15, 0.2) is 7.05 Å². The van der Waals surface area contributed by atoms with Crippen molar-refractivity contribution in [3.63, 3.8) is 0 Å². The van der Waals surface area contributed by atoms with E-state index in [0.717, 1.165) is 76.2 Å². The van der Waals surface area contributed by atoms with Gasteiger partial charge in [0.2, 0.25) is 6.20 Å². The molecule has 5 aromatic rings. The number of ether oxygens (including phenoxy) is 2. The molecule has 3 heterocycles. The molecule has 1 N–H and O–H groups in total. The molecule has 0 unspecified atom stereocenters. The molecule has 0 aliphatic carbocycles. The van der Waals surface area contributed by atoms with Gasteiger partial charge in [0.1, 0.15) is 17.3 Å². The summed E-state index contributed by atoms with van der Waals surface area (Å²) in [4.78, 5) is 16.4. The average molecular weight is 499 g/mol. The Morgan fingerprint density at radius 2 is 1.76 bits per heavy atom. The number of hydrogen-bond acceptors (Lipinski definition) is 6. The lowest BCUT2D eigenvalue weighted by atomic mass is 10.1. The standard InChI is InChI=1S/C28H31N7O2/c1-19-17-34(20(2)31-19)9-6-10-35(23-11-24(36-4)14-25(12-23)37-5)22-7-8-26-27(13-22)32-28(16-29-26)21-15-30-33(3)18-21/h7-8,11-18H,6,9-10H2,1-5H3/p+1. The van der Waals surface area contributed by atoms with Crippen molar-refractivity contribution in [3.8, 4) is 22.8 Å². The molecular weight excluding hydrogens is 466 g/mol. The lowest BCUT2D eigenvalue weighted by molar-refractivity contribution is -0.726. The lowest BCUT2D eigenvalue weighted by Gasteiger charge is -2.26. The molecular formula is C28H32N7O2+.